The van der Waals surface area contributed by atoms with Crippen molar-refractivity contribution in [1.82, 2.24) is 5.32 Å². The molecule has 0 aliphatic heterocycles. The van der Waals surface area contributed by atoms with Crippen LogP contribution in [0.4, 0.5) is 0 Å². The molecule has 0 rings (SSSR count). The average Bonchev–Trinajstić information content (AvgIpc) is 2.33. The van der Waals surface area contributed by atoms with Gasteiger partial charge in [-0.1, -0.05) is 45.4 Å². The van der Waals surface area contributed by atoms with Crippen LogP contribution in [-0.4, -0.2) is 26.3 Å². The molecular formula is C15H33NO. The second-order valence-corrected chi connectivity index (χ2v) is 5.05. The lowest BCUT2D eigenvalue weighted by Gasteiger charge is -2.12. The molecule has 0 aromatic rings. The first kappa shape index (κ1) is 16.9. The van der Waals surface area contributed by atoms with Gasteiger partial charge in [0, 0.05) is 6.61 Å². The van der Waals surface area contributed by atoms with Crippen LogP contribution in [0, 0.1) is 0 Å². The lowest BCUT2D eigenvalue weighted by molar-refractivity contribution is 0.0557. The van der Waals surface area contributed by atoms with Crippen molar-refractivity contribution in [2.45, 2.75) is 77.7 Å². The quantitative estimate of drug-likeness (QED) is 0.491. The zero-order valence-electron chi connectivity index (χ0n) is 12.3. The van der Waals surface area contributed by atoms with Crippen LogP contribution < -0.4 is 5.32 Å². The second-order valence-electron chi connectivity index (χ2n) is 5.05. The van der Waals surface area contributed by atoms with E-state index in [2.05, 4.69) is 19.2 Å². The smallest absolute Gasteiger partial charge is 0.0547 e. The minimum Gasteiger partial charge on any atom is -0.379 e. The summed E-state index contributed by atoms with van der Waals surface area (Å²) in [5, 5.41) is 3.18. The summed E-state index contributed by atoms with van der Waals surface area (Å²) in [6.45, 7) is 6.57. The number of rotatable bonds is 13. The van der Waals surface area contributed by atoms with Gasteiger partial charge in [0.25, 0.3) is 0 Å². The fourth-order valence-electron chi connectivity index (χ4n) is 1.98. The van der Waals surface area contributed by atoms with E-state index >= 15 is 0 Å². The molecule has 104 valence electrons. The molecule has 0 fully saturated rings. The van der Waals surface area contributed by atoms with Crippen LogP contribution in [0.15, 0.2) is 0 Å². The number of hydrogen-bond donors (Lipinski definition) is 1. The highest BCUT2D eigenvalue weighted by Gasteiger charge is 2.01. The highest BCUT2D eigenvalue weighted by molar-refractivity contribution is 4.52. The van der Waals surface area contributed by atoms with Gasteiger partial charge >= 0.3 is 0 Å². The maximum atomic E-state index is 5.81. The fraction of sp³-hybridized carbons (Fsp3) is 1.00. The molecule has 0 saturated carbocycles. The van der Waals surface area contributed by atoms with Crippen LogP contribution in [-0.2, 0) is 4.74 Å². The summed E-state index contributed by atoms with van der Waals surface area (Å²) in [5.41, 5.74) is 0. The van der Waals surface area contributed by atoms with Crippen LogP contribution >= 0.6 is 0 Å². The van der Waals surface area contributed by atoms with Crippen LogP contribution in [0.1, 0.15) is 71.6 Å². The lowest BCUT2D eigenvalue weighted by Crippen LogP contribution is -2.09. The molecule has 0 aliphatic carbocycles. The number of nitrogens with one attached hydrogen (secondary N) is 1. The Kier molecular flexibility index (Phi) is 13.9. The third-order valence-electron chi connectivity index (χ3n) is 3.19. The number of unbranched alkanes of at least 4 members (excludes halogenated alkanes) is 6. The summed E-state index contributed by atoms with van der Waals surface area (Å²) in [5.74, 6) is 0. The topological polar surface area (TPSA) is 21.3 Å². The highest BCUT2D eigenvalue weighted by atomic mass is 16.5. The van der Waals surface area contributed by atoms with Crippen LogP contribution in [0.5, 0.6) is 0 Å². The monoisotopic (exact) mass is 243 g/mol. The van der Waals surface area contributed by atoms with Crippen molar-refractivity contribution < 1.29 is 4.74 Å². The zero-order chi connectivity index (χ0) is 12.8. The molecule has 1 atom stereocenters. The molecule has 2 heteroatoms. The number of hydrogen-bond acceptors (Lipinski definition) is 2. The van der Waals surface area contributed by atoms with E-state index < -0.39 is 0 Å². The summed E-state index contributed by atoms with van der Waals surface area (Å²) >= 11 is 0. The van der Waals surface area contributed by atoms with E-state index in [0.717, 1.165) is 13.2 Å². The van der Waals surface area contributed by atoms with E-state index in [1.165, 1.54) is 57.8 Å². The molecule has 2 nitrogen and oxygen atoms in total. The Bertz CT molecular complexity index is 139. The Morgan fingerprint density at radius 1 is 0.941 bits per heavy atom. The lowest BCUT2D eigenvalue weighted by atomic mass is 10.1. The Morgan fingerprint density at radius 2 is 1.65 bits per heavy atom. The van der Waals surface area contributed by atoms with Crippen molar-refractivity contribution in [2.24, 2.45) is 0 Å². The molecule has 0 saturated heterocycles. The standard InChI is InChI=1S/C15H33NO/c1-4-5-6-9-12-15(2)17-14-11-8-7-10-13-16-3/h15-16H,4-14H2,1-3H3. The van der Waals surface area contributed by atoms with Gasteiger partial charge in [-0.2, -0.15) is 0 Å². The van der Waals surface area contributed by atoms with E-state index in [4.69, 9.17) is 4.74 Å². The largest absolute Gasteiger partial charge is 0.379 e. The second kappa shape index (κ2) is 14.0. The minimum atomic E-state index is 0.462. The fourth-order valence-corrected chi connectivity index (χ4v) is 1.98. The number of ether oxygens (including phenoxy) is 1. The van der Waals surface area contributed by atoms with Gasteiger partial charge < -0.3 is 10.1 Å². The molecular weight excluding hydrogens is 210 g/mol. The highest BCUT2D eigenvalue weighted by Crippen LogP contribution is 2.09. The van der Waals surface area contributed by atoms with Crippen LogP contribution in [0.25, 0.3) is 0 Å². The van der Waals surface area contributed by atoms with Crippen molar-refractivity contribution in [2.75, 3.05) is 20.2 Å². The summed E-state index contributed by atoms with van der Waals surface area (Å²) in [7, 11) is 2.02. The molecule has 0 heterocycles. The zero-order valence-corrected chi connectivity index (χ0v) is 12.3. The van der Waals surface area contributed by atoms with Crippen molar-refractivity contribution in [3.63, 3.8) is 0 Å². The summed E-state index contributed by atoms with van der Waals surface area (Å²) in [4.78, 5) is 0. The van der Waals surface area contributed by atoms with Gasteiger partial charge in [0.15, 0.2) is 0 Å². The molecule has 1 N–H and O–H groups in total. The predicted octanol–water partition coefficient (Wildman–Crippen LogP) is 4.14. The van der Waals surface area contributed by atoms with E-state index in [1.807, 2.05) is 7.05 Å². The molecule has 0 bridgehead atoms. The Hall–Kier alpha value is -0.0800. The Morgan fingerprint density at radius 3 is 2.35 bits per heavy atom. The summed E-state index contributed by atoms with van der Waals surface area (Å²) in [6, 6.07) is 0. The van der Waals surface area contributed by atoms with Gasteiger partial charge in [0.1, 0.15) is 0 Å². The van der Waals surface area contributed by atoms with Crippen molar-refractivity contribution in [3.8, 4) is 0 Å². The van der Waals surface area contributed by atoms with Crippen LogP contribution in [0.3, 0.4) is 0 Å². The molecule has 0 aromatic heterocycles. The Balaban J connectivity index is 3.08. The first-order valence-corrected chi connectivity index (χ1v) is 7.57. The maximum Gasteiger partial charge on any atom is 0.0547 e. The van der Waals surface area contributed by atoms with E-state index in [0.29, 0.717) is 6.10 Å². The summed E-state index contributed by atoms with van der Waals surface area (Å²) < 4.78 is 5.81. The van der Waals surface area contributed by atoms with Gasteiger partial charge in [-0.25, -0.2) is 0 Å². The third-order valence-corrected chi connectivity index (χ3v) is 3.19. The molecule has 0 spiro atoms. The van der Waals surface area contributed by atoms with Gasteiger partial charge in [0.05, 0.1) is 6.10 Å². The molecule has 1 unspecified atom stereocenters. The average molecular weight is 243 g/mol. The van der Waals surface area contributed by atoms with E-state index in [1.54, 1.807) is 0 Å². The summed E-state index contributed by atoms with van der Waals surface area (Å²) in [6.07, 6.45) is 12.3. The van der Waals surface area contributed by atoms with Crippen LogP contribution in [0.2, 0.25) is 0 Å². The molecule has 0 amide bonds. The van der Waals surface area contributed by atoms with E-state index in [9.17, 15) is 0 Å². The molecule has 0 aliphatic rings. The molecule has 0 radical (unpaired) electrons. The normalized spacial score (nSPS) is 12.9. The minimum absolute atomic E-state index is 0.462. The first-order valence-electron chi connectivity index (χ1n) is 7.57. The maximum absolute atomic E-state index is 5.81. The molecule has 0 aromatic carbocycles. The SMILES string of the molecule is CCCCCCC(C)OCCCCCCNC. The third kappa shape index (κ3) is 13.9. The molecule has 17 heavy (non-hydrogen) atoms. The van der Waals surface area contributed by atoms with Gasteiger partial charge in [-0.3, -0.25) is 0 Å². The van der Waals surface area contributed by atoms with Gasteiger partial charge in [0.2, 0.25) is 0 Å². The van der Waals surface area contributed by atoms with Gasteiger partial charge in [-0.05, 0) is 39.8 Å². The predicted molar refractivity (Wildman–Crippen MR) is 76.6 cm³/mol. The van der Waals surface area contributed by atoms with Crippen molar-refractivity contribution in [1.29, 1.82) is 0 Å². The Labute approximate surface area is 109 Å². The van der Waals surface area contributed by atoms with Crippen molar-refractivity contribution >= 4 is 0 Å². The first-order chi connectivity index (χ1) is 8.31. The van der Waals surface area contributed by atoms with Gasteiger partial charge in [-0.15, -0.1) is 0 Å². The van der Waals surface area contributed by atoms with Crippen molar-refractivity contribution in [3.05, 3.63) is 0 Å². The van der Waals surface area contributed by atoms with E-state index in [-0.39, 0.29) is 0 Å².